The summed E-state index contributed by atoms with van der Waals surface area (Å²) in [6, 6.07) is 5.89. The summed E-state index contributed by atoms with van der Waals surface area (Å²) in [5.41, 5.74) is 0.103. The zero-order chi connectivity index (χ0) is 15.8. The molecule has 1 fully saturated rings. The second kappa shape index (κ2) is 8.54. The average Bonchev–Trinajstić information content (AvgIpc) is 3.02. The number of amides is 1. The van der Waals surface area contributed by atoms with E-state index in [0.29, 0.717) is 13.2 Å². The predicted octanol–water partition coefficient (Wildman–Crippen LogP) is 1.25. The van der Waals surface area contributed by atoms with Crippen LogP contribution in [-0.2, 0) is 14.3 Å². The van der Waals surface area contributed by atoms with Crippen molar-refractivity contribution in [3.63, 3.8) is 0 Å². The third-order valence-corrected chi connectivity index (χ3v) is 4.27. The Bertz CT molecular complexity index is 571. The first-order chi connectivity index (χ1) is 10.7. The summed E-state index contributed by atoms with van der Waals surface area (Å²) >= 11 is 1.57. The number of morpholine rings is 1. The first kappa shape index (κ1) is 16.5. The number of nitrogens with one attached hydrogen (secondary N) is 1. The molecule has 2 heterocycles. The van der Waals surface area contributed by atoms with Crippen molar-refractivity contribution in [3.8, 4) is 6.07 Å². The van der Waals surface area contributed by atoms with Gasteiger partial charge in [-0.25, -0.2) is 0 Å². The van der Waals surface area contributed by atoms with Crippen molar-refractivity contribution in [2.75, 3.05) is 51.5 Å². The molecule has 1 N–H and O–H groups in total. The van der Waals surface area contributed by atoms with Crippen LogP contribution in [0.1, 0.15) is 4.88 Å². The minimum atomic E-state index is -0.374. The van der Waals surface area contributed by atoms with Crippen LogP contribution in [0.15, 0.2) is 17.7 Å². The molecular weight excluding hydrogens is 302 g/mol. The summed E-state index contributed by atoms with van der Waals surface area (Å²) in [5, 5.41) is 12.9. The molecule has 0 saturated carbocycles. The van der Waals surface area contributed by atoms with Crippen LogP contribution in [0.2, 0.25) is 0 Å². The van der Waals surface area contributed by atoms with Crippen LogP contribution in [-0.4, -0.2) is 52.5 Å². The van der Waals surface area contributed by atoms with E-state index in [4.69, 9.17) is 14.7 Å². The Hall–Kier alpha value is -1.88. The smallest absolute Gasteiger partial charge is 0.262 e. The standard InChI is InChI=1S/C15H19N3O3S/c1-20-7-4-17-15(19)12(11-16)10-13-2-3-14(22-13)18-5-8-21-9-6-18/h2-3,10H,4-9H2,1H3,(H,17,19). The number of nitriles is 1. The second-order valence-corrected chi connectivity index (χ2v) is 5.79. The lowest BCUT2D eigenvalue weighted by molar-refractivity contribution is -0.117. The Balaban J connectivity index is 2.01. The maximum Gasteiger partial charge on any atom is 0.262 e. The van der Waals surface area contributed by atoms with Crippen LogP contribution in [0.3, 0.4) is 0 Å². The number of hydrogen-bond donors (Lipinski definition) is 1. The van der Waals surface area contributed by atoms with Crippen LogP contribution in [0.5, 0.6) is 0 Å². The topological polar surface area (TPSA) is 74.6 Å². The maximum absolute atomic E-state index is 11.9. The monoisotopic (exact) mass is 321 g/mol. The number of ether oxygens (including phenoxy) is 2. The number of hydrogen-bond acceptors (Lipinski definition) is 6. The molecule has 0 bridgehead atoms. The van der Waals surface area contributed by atoms with E-state index in [1.165, 1.54) is 0 Å². The Morgan fingerprint density at radius 3 is 3.00 bits per heavy atom. The van der Waals surface area contributed by atoms with Gasteiger partial charge in [-0.3, -0.25) is 4.79 Å². The van der Waals surface area contributed by atoms with E-state index in [9.17, 15) is 4.79 Å². The molecule has 118 valence electrons. The summed E-state index contributed by atoms with van der Waals surface area (Å²) in [6.45, 7) is 4.00. The van der Waals surface area contributed by atoms with Gasteiger partial charge < -0.3 is 19.7 Å². The van der Waals surface area contributed by atoms with Crippen LogP contribution in [0.25, 0.3) is 6.08 Å². The van der Waals surface area contributed by atoms with Gasteiger partial charge in [-0.15, -0.1) is 11.3 Å². The molecule has 1 aliphatic rings. The number of carbonyl (C=O) groups excluding carboxylic acids is 1. The second-order valence-electron chi connectivity index (χ2n) is 4.69. The van der Waals surface area contributed by atoms with E-state index in [2.05, 4.69) is 10.2 Å². The molecule has 7 heteroatoms. The van der Waals surface area contributed by atoms with Gasteiger partial charge in [-0.1, -0.05) is 0 Å². The summed E-state index contributed by atoms with van der Waals surface area (Å²) in [7, 11) is 1.56. The van der Waals surface area contributed by atoms with Gasteiger partial charge in [0, 0.05) is 31.6 Å². The zero-order valence-corrected chi connectivity index (χ0v) is 13.3. The first-order valence-corrected chi connectivity index (χ1v) is 7.87. The van der Waals surface area contributed by atoms with E-state index < -0.39 is 0 Å². The molecule has 1 amide bonds. The van der Waals surface area contributed by atoms with Crippen LogP contribution in [0, 0.1) is 11.3 Å². The number of carbonyl (C=O) groups is 1. The number of methoxy groups -OCH3 is 1. The van der Waals surface area contributed by atoms with Crippen molar-refractivity contribution >= 4 is 28.3 Å². The lowest BCUT2D eigenvalue weighted by Crippen LogP contribution is -2.35. The number of anilines is 1. The maximum atomic E-state index is 11.9. The van der Waals surface area contributed by atoms with Crippen LogP contribution < -0.4 is 10.2 Å². The molecule has 2 rings (SSSR count). The van der Waals surface area contributed by atoms with Crippen molar-refractivity contribution in [2.45, 2.75) is 0 Å². The van der Waals surface area contributed by atoms with E-state index in [1.807, 2.05) is 18.2 Å². The number of nitrogens with zero attached hydrogens (tertiary/aromatic N) is 2. The van der Waals surface area contributed by atoms with Crippen LogP contribution >= 0.6 is 11.3 Å². The van der Waals surface area contributed by atoms with Gasteiger partial charge in [0.15, 0.2) is 0 Å². The molecule has 0 atom stereocenters. The largest absolute Gasteiger partial charge is 0.383 e. The molecule has 0 unspecified atom stereocenters. The highest BCUT2D eigenvalue weighted by atomic mass is 32.1. The molecule has 1 aliphatic heterocycles. The summed E-state index contributed by atoms with van der Waals surface area (Å²) < 4.78 is 10.2. The first-order valence-electron chi connectivity index (χ1n) is 7.06. The molecule has 22 heavy (non-hydrogen) atoms. The Kier molecular flexibility index (Phi) is 6.40. The van der Waals surface area contributed by atoms with Gasteiger partial charge in [0.05, 0.1) is 24.8 Å². The predicted molar refractivity (Wildman–Crippen MR) is 85.8 cm³/mol. The van der Waals surface area contributed by atoms with Gasteiger partial charge in [-0.2, -0.15) is 5.26 Å². The third-order valence-electron chi connectivity index (χ3n) is 3.18. The normalized spacial score (nSPS) is 15.5. The minimum Gasteiger partial charge on any atom is -0.383 e. The van der Waals surface area contributed by atoms with E-state index in [0.717, 1.165) is 36.2 Å². The highest BCUT2D eigenvalue weighted by Crippen LogP contribution is 2.28. The molecule has 0 aromatic carbocycles. The minimum absolute atomic E-state index is 0.103. The molecule has 1 saturated heterocycles. The van der Waals surface area contributed by atoms with Crippen molar-refractivity contribution in [3.05, 3.63) is 22.6 Å². The molecule has 0 spiro atoms. The fraction of sp³-hybridized carbons (Fsp3) is 0.467. The highest BCUT2D eigenvalue weighted by molar-refractivity contribution is 7.17. The lowest BCUT2D eigenvalue weighted by atomic mass is 10.2. The fourth-order valence-electron chi connectivity index (χ4n) is 2.03. The Morgan fingerprint density at radius 2 is 2.32 bits per heavy atom. The van der Waals surface area contributed by atoms with Crippen LogP contribution in [0.4, 0.5) is 5.00 Å². The molecule has 6 nitrogen and oxygen atoms in total. The van der Waals surface area contributed by atoms with E-state index in [-0.39, 0.29) is 11.5 Å². The number of thiophene rings is 1. The van der Waals surface area contributed by atoms with Gasteiger partial charge in [0.25, 0.3) is 5.91 Å². The quantitative estimate of drug-likeness (QED) is 0.485. The van der Waals surface area contributed by atoms with Crippen molar-refractivity contribution in [2.24, 2.45) is 0 Å². The SMILES string of the molecule is COCCNC(=O)C(C#N)=Cc1ccc(N2CCOCC2)s1. The Labute approximate surface area is 133 Å². The third kappa shape index (κ3) is 4.56. The molecule has 0 aliphatic carbocycles. The van der Waals surface area contributed by atoms with E-state index >= 15 is 0 Å². The fourth-order valence-corrected chi connectivity index (χ4v) is 3.03. The summed E-state index contributed by atoms with van der Waals surface area (Å²) in [5.74, 6) is -0.374. The molecule has 0 radical (unpaired) electrons. The summed E-state index contributed by atoms with van der Waals surface area (Å²) in [6.07, 6.45) is 1.62. The summed E-state index contributed by atoms with van der Waals surface area (Å²) in [4.78, 5) is 15.0. The Morgan fingerprint density at radius 1 is 1.55 bits per heavy atom. The van der Waals surface area contributed by atoms with Crippen molar-refractivity contribution in [1.29, 1.82) is 5.26 Å². The van der Waals surface area contributed by atoms with Gasteiger partial charge >= 0.3 is 0 Å². The van der Waals surface area contributed by atoms with Crippen molar-refractivity contribution < 1.29 is 14.3 Å². The van der Waals surface area contributed by atoms with Gasteiger partial charge in [-0.05, 0) is 18.2 Å². The zero-order valence-electron chi connectivity index (χ0n) is 12.5. The molecule has 1 aromatic rings. The molecular formula is C15H19N3O3S. The van der Waals surface area contributed by atoms with E-state index in [1.54, 1.807) is 24.5 Å². The van der Waals surface area contributed by atoms with Gasteiger partial charge in [0.2, 0.25) is 0 Å². The average molecular weight is 321 g/mol. The number of rotatable bonds is 6. The lowest BCUT2D eigenvalue weighted by Gasteiger charge is -2.27. The highest BCUT2D eigenvalue weighted by Gasteiger charge is 2.14. The molecule has 1 aromatic heterocycles. The van der Waals surface area contributed by atoms with Crippen molar-refractivity contribution in [1.82, 2.24) is 5.32 Å². The van der Waals surface area contributed by atoms with Gasteiger partial charge in [0.1, 0.15) is 11.6 Å².